The molecule has 6 rings (SSSR count). The van der Waals surface area contributed by atoms with Gasteiger partial charge in [0.05, 0.1) is 11.8 Å². The maximum Gasteiger partial charge on any atom is 0.347 e. The second-order valence-corrected chi connectivity index (χ2v) is 8.47. The van der Waals surface area contributed by atoms with Gasteiger partial charge in [0.25, 0.3) is 0 Å². The Kier molecular flexibility index (Phi) is 5.58. The van der Waals surface area contributed by atoms with E-state index in [1.165, 1.54) is 18.4 Å². The minimum absolute atomic E-state index is 0.133. The van der Waals surface area contributed by atoms with Crippen molar-refractivity contribution in [3.05, 3.63) is 119 Å². The molecule has 3 heterocycles. The third-order valence-electron chi connectivity index (χ3n) is 5.96. The van der Waals surface area contributed by atoms with Gasteiger partial charge >= 0.3 is 5.97 Å². The zero-order chi connectivity index (χ0) is 25.4. The molecule has 5 aromatic rings. The normalized spacial score (nSPS) is 13.5. The number of benzene rings is 3. The first-order chi connectivity index (χ1) is 18.0. The third kappa shape index (κ3) is 4.38. The number of carbonyl (C=O) groups excluding carboxylic acids is 2. The quantitative estimate of drug-likeness (QED) is 0.147. The highest BCUT2D eigenvalue weighted by molar-refractivity contribution is 6.14. The molecule has 0 saturated carbocycles. The molecule has 3 aromatic carbocycles. The Bertz CT molecular complexity index is 1660. The lowest BCUT2D eigenvalue weighted by Crippen LogP contribution is -2.09. The van der Waals surface area contributed by atoms with E-state index in [1.807, 2.05) is 30.3 Å². The number of ether oxygens (including phenoxy) is 3. The average molecular weight is 492 g/mol. The zero-order valence-corrected chi connectivity index (χ0v) is 19.7. The molecule has 182 valence electrons. The van der Waals surface area contributed by atoms with E-state index in [4.69, 9.17) is 23.0 Å². The minimum atomic E-state index is -0.591. The molecule has 0 N–H and O–H groups in total. The Hall–Kier alpha value is -5.04. The summed E-state index contributed by atoms with van der Waals surface area (Å²) in [5.74, 6) is 1.34. The van der Waals surface area contributed by atoms with Crippen LogP contribution in [0.15, 0.2) is 99.7 Å². The van der Waals surface area contributed by atoms with Crippen LogP contribution in [-0.2, 0) is 6.61 Å². The van der Waals surface area contributed by atoms with Crippen LogP contribution < -0.4 is 14.2 Å². The van der Waals surface area contributed by atoms with Gasteiger partial charge in [-0.15, -0.1) is 0 Å². The number of fused-ring (bicyclic) bond motifs is 2. The topological polar surface area (TPSA) is 88.1 Å². The summed E-state index contributed by atoms with van der Waals surface area (Å²) in [7, 11) is 0. The number of allylic oxidation sites excluding steroid dienone is 1. The van der Waals surface area contributed by atoms with Crippen molar-refractivity contribution in [1.82, 2.24) is 0 Å². The number of ketones is 1. The van der Waals surface area contributed by atoms with E-state index in [-0.39, 0.29) is 17.3 Å². The minimum Gasteiger partial charge on any atom is -0.489 e. The Labute approximate surface area is 211 Å². The van der Waals surface area contributed by atoms with Crippen LogP contribution >= 0.6 is 0 Å². The van der Waals surface area contributed by atoms with Gasteiger partial charge in [-0.3, -0.25) is 4.79 Å². The maximum atomic E-state index is 13.2. The Morgan fingerprint density at radius 1 is 0.946 bits per heavy atom. The molecule has 0 unspecified atom stereocenters. The summed E-state index contributed by atoms with van der Waals surface area (Å²) in [4.78, 5) is 25.8. The van der Waals surface area contributed by atoms with E-state index in [0.29, 0.717) is 51.7 Å². The lowest BCUT2D eigenvalue weighted by atomic mass is 10.1. The summed E-state index contributed by atoms with van der Waals surface area (Å²) < 4.78 is 28.3. The molecule has 2 aromatic heterocycles. The molecule has 1 aliphatic heterocycles. The highest BCUT2D eigenvalue weighted by Gasteiger charge is 2.29. The van der Waals surface area contributed by atoms with Gasteiger partial charge in [0.15, 0.2) is 5.76 Å². The van der Waals surface area contributed by atoms with Crippen LogP contribution in [0.3, 0.4) is 0 Å². The van der Waals surface area contributed by atoms with Gasteiger partial charge < -0.3 is 23.0 Å². The predicted octanol–water partition coefficient (Wildman–Crippen LogP) is 6.75. The maximum absolute atomic E-state index is 13.2. The summed E-state index contributed by atoms with van der Waals surface area (Å²) in [5, 5.41) is 0.587. The second-order valence-electron chi connectivity index (χ2n) is 8.47. The predicted molar refractivity (Wildman–Crippen MR) is 135 cm³/mol. The lowest BCUT2D eigenvalue weighted by molar-refractivity contribution is 0.0734. The van der Waals surface area contributed by atoms with E-state index in [1.54, 1.807) is 49.4 Å². The first-order valence-electron chi connectivity index (χ1n) is 11.6. The van der Waals surface area contributed by atoms with Crippen molar-refractivity contribution in [3.8, 4) is 17.2 Å². The first kappa shape index (κ1) is 22.4. The zero-order valence-electron chi connectivity index (χ0n) is 19.7. The van der Waals surface area contributed by atoms with Crippen LogP contribution in [0.4, 0.5) is 0 Å². The van der Waals surface area contributed by atoms with Gasteiger partial charge in [-0.1, -0.05) is 30.3 Å². The van der Waals surface area contributed by atoms with Crippen LogP contribution in [0.2, 0.25) is 0 Å². The fraction of sp³-hybridized carbons (Fsp3) is 0.0667. The van der Waals surface area contributed by atoms with Crippen LogP contribution in [0.5, 0.6) is 17.2 Å². The Morgan fingerprint density at radius 3 is 2.59 bits per heavy atom. The molecule has 0 spiro atoms. The standard InChI is InChI=1S/C30H20O7/c1-18-28(24-14-21(10-12-25(24)35-18)34-17-19-6-3-2-4-7-19)30(32)36-22-9-11-23-26(16-22)37-27(29(23)31)15-20-8-5-13-33-20/h2-16H,17H2,1H3/b27-15-. The fourth-order valence-corrected chi connectivity index (χ4v) is 4.17. The van der Waals surface area contributed by atoms with Crippen LogP contribution in [0.25, 0.3) is 17.0 Å². The highest BCUT2D eigenvalue weighted by Crippen LogP contribution is 2.36. The van der Waals surface area contributed by atoms with Crippen molar-refractivity contribution < 1.29 is 32.6 Å². The van der Waals surface area contributed by atoms with Gasteiger partial charge in [0, 0.05) is 17.5 Å². The SMILES string of the molecule is Cc1oc2ccc(OCc3ccccc3)cc2c1C(=O)Oc1ccc2c(c1)O/C(=C\c1ccco1)C2=O. The van der Waals surface area contributed by atoms with E-state index < -0.39 is 5.97 Å². The van der Waals surface area contributed by atoms with Crippen LogP contribution in [-0.4, -0.2) is 11.8 Å². The van der Waals surface area contributed by atoms with E-state index >= 15 is 0 Å². The molecule has 0 saturated heterocycles. The lowest BCUT2D eigenvalue weighted by Gasteiger charge is -2.07. The molecule has 0 amide bonds. The second kappa shape index (κ2) is 9.20. The highest BCUT2D eigenvalue weighted by atomic mass is 16.5. The van der Waals surface area contributed by atoms with E-state index in [0.717, 1.165) is 5.56 Å². The van der Waals surface area contributed by atoms with E-state index in [9.17, 15) is 9.59 Å². The molecule has 0 aliphatic carbocycles. The van der Waals surface area contributed by atoms with Crippen molar-refractivity contribution >= 4 is 28.8 Å². The number of Topliss-reactive ketones (excluding diaryl/α,β-unsaturated/α-hetero) is 1. The number of hydrogen-bond donors (Lipinski definition) is 0. The number of carbonyl (C=O) groups is 2. The van der Waals surface area contributed by atoms with Crippen molar-refractivity contribution in [2.45, 2.75) is 13.5 Å². The van der Waals surface area contributed by atoms with Gasteiger partial charge in [-0.25, -0.2) is 4.79 Å². The van der Waals surface area contributed by atoms with Crippen molar-refractivity contribution in [2.75, 3.05) is 0 Å². The molecule has 0 bridgehead atoms. The summed E-state index contributed by atoms with van der Waals surface area (Å²) in [5.41, 5.74) is 2.26. The molecule has 0 radical (unpaired) electrons. The summed E-state index contributed by atoms with van der Waals surface area (Å²) >= 11 is 0. The molecule has 0 fully saturated rings. The molecule has 37 heavy (non-hydrogen) atoms. The Balaban J connectivity index is 1.23. The van der Waals surface area contributed by atoms with Crippen LogP contribution in [0.1, 0.15) is 37.8 Å². The van der Waals surface area contributed by atoms with Gasteiger partial charge in [-0.05, 0) is 55.0 Å². The number of furan rings is 2. The number of esters is 1. The van der Waals surface area contributed by atoms with Gasteiger partial charge in [-0.2, -0.15) is 0 Å². The largest absolute Gasteiger partial charge is 0.489 e. The van der Waals surface area contributed by atoms with Crippen molar-refractivity contribution in [1.29, 1.82) is 0 Å². The molecular formula is C30H20O7. The molecule has 0 atom stereocenters. The molecular weight excluding hydrogens is 472 g/mol. The van der Waals surface area contributed by atoms with Crippen LogP contribution in [0, 0.1) is 6.92 Å². The smallest absolute Gasteiger partial charge is 0.347 e. The molecule has 1 aliphatic rings. The number of aryl methyl sites for hydroxylation is 1. The first-order valence-corrected chi connectivity index (χ1v) is 11.6. The average Bonchev–Trinajstić information content (AvgIpc) is 3.61. The van der Waals surface area contributed by atoms with Crippen molar-refractivity contribution in [2.24, 2.45) is 0 Å². The molecule has 7 heteroatoms. The monoisotopic (exact) mass is 492 g/mol. The molecule has 7 nitrogen and oxygen atoms in total. The van der Waals surface area contributed by atoms with E-state index in [2.05, 4.69) is 0 Å². The Morgan fingerprint density at radius 2 is 1.78 bits per heavy atom. The van der Waals surface area contributed by atoms with Gasteiger partial charge in [0.2, 0.25) is 5.78 Å². The summed E-state index contributed by atoms with van der Waals surface area (Å²) in [6.45, 7) is 2.10. The van der Waals surface area contributed by atoms with Crippen molar-refractivity contribution in [3.63, 3.8) is 0 Å². The summed E-state index contributed by atoms with van der Waals surface area (Å²) in [6, 6.07) is 23.2. The van der Waals surface area contributed by atoms with Gasteiger partial charge in [0.1, 0.15) is 46.5 Å². The fourth-order valence-electron chi connectivity index (χ4n) is 4.17. The third-order valence-corrected chi connectivity index (χ3v) is 5.96. The number of hydrogen-bond acceptors (Lipinski definition) is 7. The summed E-state index contributed by atoms with van der Waals surface area (Å²) in [6.07, 6.45) is 3.03. The number of rotatable bonds is 6.